The average molecular weight is 399 g/mol. The number of fused-ring (bicyclic) bond motifs is 1. The summed E-state index contributed by atoms with van der Waals surface area (Å²) in [5.74, 6) is 3.22. The lowest BCUT2D eigenvalue weighted by molar-refractivity contribution is 0.174. The van der Waals surface area contributed by atoms with E-state index in [1.54, 1.807) is 0 Å². The lowest BCUT2D eigenvalue weighted by atomic mass is 10.2. The molecule has 0 atom stereocenters. The number of hydrogen-bond donors (Lipinski definition) is 2. The molecule has 0 bridgehead atoms. The van der Waals surface area contributed by atoms with Crippen molar-refractivity contribution in [3.05, 3.63) is 53.6 Å². The summed E-state index contributed by atoms with van der Waals surface area (Å²) in [6, 6.07) is 14.0. The number of guanidine groups is 1. The molecule has 2 aromatic carbocycles. The van der Waals surface area contributed by atoms with Gasteiger partial charge in [0, 0.05) is 19.6 Å². The van der Waals surface area contributed by atoms with E-state index < -0.39 is 0 Å². The quantitative estimate of drug-likeness (QED) is 0.500. The van der Waals surface area contributed by atoms with Crippen LogP contribution >= 0.6 is 0 Å². The minimum Gasteiger partial charge on any atom is -0.492 e. The van der Waals surface area contributed by atoms with E-state index in [4.69, 9.17) is 19.2 Å². The Morgan fingerprint density at radius 3 is 2.76 bits per heavy atom. The molecule has 1 aliphatic rings. The molecule has 1 heterocycles. The molecule has 0 spiro atoms. The first kappa shape index (κ1) is 20.8. The van der Waals surface area contributed by atoms with E-state index in [0.29, 0.717) is 19.7 Å². The first-order valence-corrected chi connectivity index (χ1v) is 9.91. The summed E-state index contributed by atoms with van der Waals surface area (Å²) >= 11 is 0. The number of rotatable bonds is 9. The van der Waals surface area contributed by atoms with E-state index in [0.717, 1.165) is 47.4 Å². The van der Waals surface area contributed by atoms with Crippen LogP contribution in [0, 0.1) is 0 Å². The van der Waals surface area contributed by atoms with Gasteiger partial charge in [0.25, 0.3) is 0 Å². The Hall–Kier alpha value is -2.93. The zero-order valence-electron chi connectivity index (χ0n) is 17.4. The van der Waals surface area contributed by atoms with Gasteiger partial charge in [0.05, 0.1) is 6.54 Å². The molecule has 0 fully saturated rings. The summed E-state index contributed by atoms with van der Waals surface area (Å²) in [6.07, 6.45) is 0. The minimum atomic E-state index is 0.286. The Labute approximate surface area is 172 Å². The molecule has 156 valence electrons. The van der Waals surface area contributed by atoms with Crippen molar-refractivity contribution in [1.82, 2.24) is 15.5 Å². The fourth-order valence-electron chi connectivity index (χ4n) is 2.83. The van der Waals surface area contributed by atoms with Crippen LogP contribution in [0.15, 0.2) is 47.5 Å². The summed E-state index contributed by atoms with van der Waals surface area (Å²) in [5.41, 5.74) is 2.21. The number of aliphatic imine (C=N–C) groups is 1. The molecule has 0 aromatic heterocycles. The fraction of sp³-hybridized carbons (Fsp3) is 0.409. The van der Waals surface area contributed by atoms with Gasteiger partial charge in [-0.25, -0.2) is 4.99 Å². The van der Waals surface area contributed by atoms with Crippen LogP contribution < -0.4 is 24.8 Å². The second kappa shape index (κ2) is 10.6. The Kier molecular flexibility index (Phi) is 7.58. The highest BCUT2D eigenvalue weighted by Crippen LogP contribution is 2.32. The van der Waals surface area contributed by atoms with Gasteiger partial charge in [-0.1, -0.05) is 18.2 Å². The van der Waals surface area contributed by atoms with Crippen molar-refractivity contribution >= 4 is 5.96 Å². The van der Waals surface area contributed by atoms with Crippen LogP contribution in [0.5, 0.6) is 17.2 Å². The van der Waals surface area contributed by atoms with Crippen molar-refractivity contribution in [2.45, 2.75) is 20.0 Å². The Balaban J connectivity index is 1.56. The first-order valence-electron chi connectivity index (χ1n) is 9.91. The summed E-state index contributed by atoms with van der Waals surface area (Å²) in [4.78, 5) is 6.80. The van der Waals surface area contributed by atoms with Gasteiger partial charge in [0.2, 0.25) is 6.79 Å². The minimum absolute atomic E-state index is 0.286. The fourth-order valence-corrected chi connectivity index (χ4v) is 2.83. The van der Waals surface area contributed by atoms with Gasteiger partial charge in [-0.2, -0.15) is 0 Å². The zero-order valence-corrected chi connectivity index (χ0v) is 17.4. The number of nitrogens with zero attached hydrogens (tertiary/aromatic N) is 2. The van der Waals surface area contributed by atoms with E-state index in [2.05, 4.69) is 28.5 Å². The summed E-state index contributed by atoms with van der Waals surface area (Å²) < 4.78 is 16.6. The van der Waals surface area contributed by atoms with Crippen LogP contribution in [0.3, 0.4) is 0 Å². The van der Waals surface area contributed by atoms with Gasteiger partial charge in [-0.3, -0.25) is 0 Å². The monoisotopic (exact) mass is 398 g/mol. The Bertz CT molecular complexity index is 823. The van der Waals surface area contributed by atoms with Crippen molar-refractivity contribution in [2.24, 2.45) is 4.99 Å². The van der Waals surface area contributed by atoms with Crippen molar-refractivity contribution in [3.8, 4) is 17.2 Å². The van der Waals surface area contributed by atoms with Crippen LogP contribution in [-0.4, -0.2) is 51.4 Å². The summed E-state index contributed by atoms with van der Waals surface area (Å²) in [7, 11) is 4.07. The topological polar surface area (TPSA) is 67.4 Å². The maximum atomic E-state index is 5.81. The third-order valence-corrected chi connectivity index (χ3v) is 4.37. The lowest BCUT2D eigenvalue weighted by Gasteiger charge is -2.13. The predicted octanol–water partition coefficient (Wildman–Crippen LogP) is 2.61. The van der Waals surface area contributed by atoms with Crippen LogP contribution in [0.1, 0.15) is 18.1 Å². The predicted molar refractivity (Wildman–Crippen MR) is 115 cm³/mol. The molecule has 29 heavy (non-hydrogen) atoms. The van der Waals surface area contributed by atoms with Gasteiger partial charge in [-0.05, 0) is 56.4 Å². The molecule has 0 radical (unpaired) electrons. The highest BCUT2D eigenvalue weighted by Gasteiger charge is 2.13. The molecule has 0 amide bonds. The van der Waals surface area contributed by atoms with Crippen molar-refractivity contribution in [1.29, 1.82) is 0 Å². The first-order chi connectivity index (χ1) is 14.1. The van der Waals surface area contributed by atoms with E-state index in [1.165, 1.54) is 0 Å². The van der Waals surface area contributed by atoms with E-state index in [1.807, 2.05) is 50.5 Å². The molecular weight excluding hydrogens is 368 g/mol. The standard InChI is InChI=1S/C22H30N4O3/c1-4-23-22(25-15-18-8-9-20-21(13-18)29-16-28-20)24-14-17-6-5-7-19(12-17)27-11-10-26(2)3/h5-9,12-13H,4,10-11,14-16H2,1-3H3,(H2,23,24,25). The number of likely N-dealkylation sites (N-methyl/N-ethyl adjacent to an activating group) is 1. The molecule has 7 nitrogen and oxygen atoms in total. The van der Waals surface area contributed by atoms with Crippen molar-refractivity contribution < 1.29 is 14.2 Å². The second-order valence-electron chi connectivity index (χ2n) is 7.04. The third kappa shape index (κ3) is 6.57. The third-order valence-electron chi connectivity index (χ3n) is 4.37. The van der Waals surface area contributed by atoms with Crippen LogP contribution in [0.2, 0.25) is 0 Å². The van der Waals surface area contributed by atoms with Crippen molar-refractivity contribution in [2.75, 3.05) is 40.6 Å². The second-order valence-corrected chi connectivity index (χ2v) is 7.04. The molecule has 7 heteroatoms. The zero-order chi connectivity index (χ0) is 20.5. The summed E-state index contributed by atoms with van der Waals surface area (Å²) in [5, 5.41) is 6.65. The van der Waals surface area contributed by atoms with Gasteiger partial charge in [-0.15, -0.1) is 0 Å². The maximum Gasteiger partial charge on any atom is 0.231 e. The molecule has 3 rings (SSSR count). The highest BCUT2D eigenvalue weighted by atomic mass is 16.7. The van der Waals surface area contributed by atoms with Gasteiger partial charge in [0.15, 0.2) is 17.5 Å². The molecular formula is C22H30N4O3. The van der Waals surface area contributed by atoms with Crippen LogP contribution in [0.4, 0.5) is 0 Å². The molecule has 0 saturated heterocycles. The lowest BCUT2D eigenvalue weighted by Crippen LogP contribution is -2.36. The van der Waals surface area contributed by atoms with Crippen LogP contribution in [-0.2, 0) is 13.1 Å². The molecule has 0 saturated carbocycles. The normalized spacial score (nSPS) is 12.9. The number of ether oxygens (including phenoxy) is 3. The van der Waals surface area contributed by atoms with E-state index in [9.17, 15) is 0 Å². The van der Waals surface area contributed by atoms with E-state index in [-0.39, 0.29) is 6.79 Å². The highest BCUT2D eigenvalue weighted by molar-refractivity contribution is 5.79. The van der Waals surface area contributed by atoms with Gasteiger partial charge >= 0.3 is 0 Å². The molecule has 2 aromatic rings. The summed E-state index contributed by atoms with van der Waals surface area (Å²) in [6.45, 7) is 5.90. The maximum absolute atomic E-state index is 5.81. The smallest absolute Gasteiger partial charge is 0.231 e. The molecule has 0 aliphatic carbocycles. The van der Waals surface area contributed by atoms with E-state index >= 15 is 0 Å². The van der Waals surface area contributed by atoms with Crippen molar-refractivity contribution in [3.63, 3.8) is 0 Å². The largest absolute Gasteiger partial charge is 0.492 e. The Morgan fingerprint density at radius 1 is 1.07 bits per heavy atom. The van der Waals surface area contributed by atoms with Crippen LogP contribution in [0.25, 0.3) is 0 Å². The molecule has 2 N–H and O–H groups in total. The Morgan fingerprint density at radius 2 is 1.93 bits per heavy atom. The number of benzene rings is 2. The van der Waals surface area contributed by atoms with Gasteiger partial charge in [0.1, 0.15) is 12.4 Å². The molecule has 0 unspecified atom stereocenters. The van der Waals surface area contributed by atoms with Gasteiger partial charge < -0.3 is 29.7 Å². The number of hydrogen-bond acceptors (Lipinski definition) is 5. The number of nitrogens with one attached hydrogen (secondary N) is 2. The SMILES string of the molecule is CCNC(=NCc1cccc(OCCN(C)C)c1)NCc1ccc2c(c1)OCO2. The average Bonchev–Trinajstić information content (AvgIpc) is 3.18. The molecule has 1 aliphatic heterocycles.